The largest absolute Gasteiger partial charge is 0.335 e. The maximum absolute atomic E-state index is 13.0. The number of piperazine rings is 1. The lowest BCUT2D eigenvalue weighted by Gasteiger charge is -2.34. The molecule has 1 aromatic heterocycles. The summed E-state index contributed by atoms with van der Waals surface area (Å²) >= 11 is 1.66. The molecule has 7 heteroatoms. The van der Waals surface area contributed by atoms with Crippen LogP contribution in [0.1, 0.15) is 33.5 Å². The molecule has 0 unspecified atom stereocenters. The van der Waals surface area contributed by atoms with E-state index in [0.717, 1.165) is 17.7 Å². The fraction of sp³-hybridized carbons (Fsp3) is 0.455. The molecule has 0 spiro atoms. The van der Waals surface area contributed by atoms with Gasteiger partial charge in [-0.1, -0.05) is 6.92 Å². The van der Waals surface area contributed by atoms with Crippen molar-refractivity contribution in [1.82, 2.24) is 9.80 Å². The summed E-state index contributed by atoms with van der Waals surface area (Å²) in [5.74, 6) is 0.360. The Morgan fingerprint density at radius 3 is 2.62 bits per heavy atom. The van der Waals surface area contributed by atoms with E-state index in [9.17, 15) is 14.0 Å². The highest BCUT2D eigenvalue weighted by atomic mass is 32.1. The fourth-order valence-corrected chi connectivity index (χ4v) is 5.19. The van der Waals surface area contributed by atoms with Gasteiger partial charge in [-0.15, -0.1) is 11.3 Å². The Bertz CT molecular complexity index is 888. The average molecular weight is 416 g/mol. The van der Waals surface area contributed by atoms with Crippen LogP contribution in [0.2, 0.25) is 0 Å². The quantitative estimate of drug-likeness (QED) is 0.833. The number of hydrogen-bond donors (Lipinski definition) is 1. The number of benzene rings is 1. The van der Waals surface area contributed by atoms with Gasteiger partial charge >= 0.3 is 0 Å². The zero-order valence-electron chi connectivity index (χ0n) is 16.6. The second kappa shape index (κ2) is 8.63. The molecule has 2 heterocycles. The van der Waals surface area contributed by atoms with Crippen LogP contribution in [0.3, 0.4) is 0 Å². The highest BCUT2D eigenvalue weighted by Crippen LogP contribution is 2.32. The molecule has 0 radical (unpaired) electrons. The van der Waals surface area contributed by atoms with Crippen molar-refractivity contribution >= 4 is 28.8 Å². The molecule has 1 saturated heterocycles. The molecule has 1 aliphatic carbocycles. The molecule has 0 saturated carbocycles. The highest BCUT2D eigenvalue weighted by molar-refractivity contribution is 7.14. The van der Waals surface area contributed by atoms with Crippen LogP contribution in [0.15, 0.2) is 30.3 Å². The van der Waals surface area contributed by atoms with Crippen LogP contribution in [0.5, 0.6) is 0 Å². The summed E-state index contributed by atoms with van der Waals surface area (Å²) in [5, 5.41) is 2.78. The number of anilines is 1. The first kappa shape index (κ1) is 20.0. The van der Waals surface area contributed by atoms with Crippen LogP contribution >= 0.6 is 11.3 Å². The Balaban J connectivity index is 1.27. The molecule has 29 heavy (non-hydrogen) atoms. The minimum atomic E-state index is -0.329. The summed E-state index contributed by atoms with van der Waals surface area (Å²) < 4.78 is 13.0. The lowest BCUT2D eigenvalue weighted by Crippen LogP contribution is -2.50. The van der Waals surface area contributed by atoms with Crippen molar-refractivity contribution in [2.75, 3.05) is 38.0 Å². The average Bonchev–Trinajstić information content (AvgIpc) is 3.13. The maximum Gasteiger partial charge on any atom is 0.264 e. The number of fused-ring (bicyclic) bond motifs is 1. The second-order valence-electron chi connectivity index (χ2n) is 8.03. The van der Waals surface area contributed by atoms with E-state index >= 15 is 0 Å². The van der Waals surface area contributed by atoms with Gasteiger partial charge in [-0.2, -0.15) is 0 Å². The van der Waals surface area contributed by atoms with E-state index in [1.165, 1.54) is 29.0 Å². The van der Waals surface area contributed by atoms with E-state index in [1.807, 2.05) is 9.80 Å². The van der Waals surface area contributed by atoms with Crippen LogP contribution in [0, 0.1) is 11.7 Å². The number of aryl methyl sites for hydroxylation is 1. The van der Waals surface area contributed by atoms with Crippen LogP contribution in [0.25, 0.3) is 0 Å². The molecule has 0 bridgehead atoms. The van der Waals surface area contributed by atoms with Gasteiger partial charge in [0.2, 0.25) is 5.91 Å². The molecular formula is C22H26FN3O2S. The van der Waals surface area contributed by atoms with E-state index < -0.39 is 0 Å². The van der Waals surface area contributed by atoms with Crippen molar-refractivity contribution in [2.24, 2.45) is 5.92 Å². The minimum absolute atomic E-state index is 0.118. The number of nitrogens with zero attached hydrogens (tertiary/aromatic N) is 2. The molecule has 1 atom stereocenters. The summed E-state index contributed by atoms with van der Waals surface area (Å²) in [6.07, 6.45) is 3.38. The topological polar surface area (TPSA) is 52.7 Å². The molecule has 2 aromatic rings. The second-order valence-corrected chi connectivity index (χ2v) is 9.17. The first-order chi connectivity index (χ1) is 14.0. The number of carbonyl (C=O) groups is 2. The third-order valence-corrected chi connectivity index (χ3v) is 6.92. The van der Waals surface area contributed by atoms with Crippen LogP contribution in [-0.4, -0.2) is 54.3 Å². The number of hydrogen-bond acceptors (Lipinski definition) is 4. The standard InChI is InChI=1S/C22H26FN3O2S/c1-15-2-7-19-16(12-15)13-20(29-19)22(28)26-10-8-25(9-11-26)14-21(27)24-18-5-3-17(23)4-6-18/h3-6,13,15H,2,7-12,14H2,1H3,(H,24,27)/t15-/m1/s1. The van der Waals surface area contributed by atoms with E-state index in [0.29, 0.717) is 37.8 Å². The SMILES string of the molecule is C[C@@H]1CCc2sc(C(=O)N3CCN(CC(=O)Nc4ccc(F)cc4)CC3)cc2C1. The molecule has 5 nitrogen and oxygen atoms in total. The Kier molecular flexibility index (Phi) is 5.96. The van der Waals surface area contributed by atoms with Crippen LogP contribution in [-0.2, 0) is 17.6 Å². The van der Waals surface area contributed by atoms with Crippen molar-refractivity contribution < 1.29 is 14.0 Å². The van der Waals surface area contributed by atoms with Gasteiger partial charge in [0.1, 0.15) is 5.82 Å². The molecule has 154 valence electrons. The maximum atomic E-state index is 13.0. The Labute approximate surface area is 174 Å². The lowest BCUT2D eigenvalue weighted by atomic mass is 9.90. The summed E-state index contributed by atoms with van der Waals surface area (Å²) in [4.78, 5) is 31.3. The molecule has 1 aliphatic heterocycles. The van der Waals surface area contributed by atoms with Gasteiger partial charge in [0, 0.05) is 36.7 Å². The molecule has 4 rings (SSSR count). The van der Waals surface area contributed by atoms with Crippen molar-refractivity contribution in [1.29, 1.82) is 0 Å². The van der Waals surface area contributed by atoms with Gasteiger partial charge in [-0.3, -0.25) is 14.5 Å². The summed E-state index contributed by atoms with van der Waals surface area (Å²) in [6, 6.07) is 7.84. The Hall–Kier alpha value is -2.25. The van der Waals surface area contributed by atoms with Gasteiger partial charge in [0.15, 0.2) is 0 Å². The number of amides is 2. The molecule has 2 aliphatic rings. The predicted molar refractivity (Wildman–Crippen MR) is 113 cm³/mol. The van der Waals surface area contributed by atoms with Crippen molar-refractivity contribution in [3.05, 3.63) is 51.5 Å². The smallest absolute Gasteiger partial charge is 0.264 e. The van der Waals surface area contributed by atoms with E-state index in [1.54, 1.807) is 23.5 Å². The van der Waals surface area contributed by atoms with E-state index in [2.05, 4.69) is 18.3 Å². The van der Waals surface area contributed by atoms with Gasteiger partial charge < -0.3 is 10.2 Å². The summed E-state index contributed by atoms with van der Waals surface area (Å²) in [7, 11) is 0. The zero-order valence-corrected chi connectivity index (χ0v) is 17.4. The molecule has 2 amide bonds. The number of thiophene rings is 1. The summed E-state index contributed by atoms with van der Waals surface area (Å²) in [5.41, 5.74) is 1.94. The number of nitrogens with one attached hydrogen (secondary N) is 1. The lowest BCUT2D eigenvalue weighted by molar-refractivity contribution is -0.117. The third kappa shape index (κ3) is 4.85. The van der Waals surface area contributed by atoms with Crippen LogP contribution < -0.4 is 5.32 Å². The highest BCUT2D eigenvalue weighted by Gasteiger charge is 2.26. The van der Waals surface area contributed by atoms with E-state index in [4.69, 9.17) is 0 Å². The van der Waals surface area contributed by atoms with Crippen LogP contribution in [0.4, 0.5) is 10.1 Å². The molecular weight excluding hydrogens is 389 g/mol. The molecule has 1 aromatic carbocycles. The van der Waals surface area contributed by atoms with Gasteiger partial charge in [0.05, 0.1) is 11.4 Å². The monoisotopic (exact) mass is 415 g/mol. The molecule has 1 N–H and O–H groups in total. The minimum Gasteiger partial charge on any atom is -0.335 e. The number of carbonyl (C=O) groups excluding carboxylic acids is 2. The third-order valence-electron chi connectivity index (χ3n) is 5.69. The number of rotatable bonds is 4. The first-order valence-electron chi connectivity index (χ1n) is 10.2. The predicted octanol–water partition coefficient (Wildman–Crippen LogP) is 3.41. The van der Waals surface area contributed by atoms with Crippen molar-refractivity contribution in [3.8, 4) is 0 Å². The number of halogens is 1. The van der Waals surface area contributed by atoms with Crippen molar-refractivity contribution in [3.63, 3.8) is 0 Å². The van der Waals surface area contributed by atoms with E-state index in [-0.39, 0.29) is 24.2 Å². The molecule has 1 fully saturated rings. The Morgan fingerprint density at radius 1 is 1.17 bits per heavy atom. The van der Waals surface area contributed by atoms with Gasteiger partial charge in [0.25, 0.3) is 5.91 Å². The Morgan fingerprint density at radius 2 is 1.90 bits per heavy atom. The summed E-state index contributed by atoms with van der Waals surface area (Å²) in [6.45, 7) is 5.14. The zero-order chi connectivity index (χ0) is 20.4. The van der Waals surface area contributed by atoms with Gasteiger partial charge in [-0.25, -0.2) is 4.39 Å². The first-order valence-corrected chi connectivity index (χ1v) is 11.0. The fourth-order valence-electron chi connectivity index (χ4n) is 4.01. The normalized spacial score (nSPS) is 19.7. The van der Waals surface area contributed by atoms with Crippen molar-refractivity contribution in [2.45, 2.75) is 26.2 Å². The van der Waals surface area contributed by atoms with Gasteiger partial charge in [-0.05, 0) is 61.1 Å².